The highest BCUT2D eigenvalue weighted by molar-refractivity contribution is 6.30. The smallest absolute Gasteiger partial charge is 0.277 e. The van der Waals surface area contributed by atoms with Gasteiger partial charge in [-0.05, 0) is 54.6 Å². The van der Waals surface area contributed by atoms with Gasteiger partial charge in [-0.15, -0.1) is 12.4 Å². The number of nitrogens with zero attached hydrogens (tertiary/aromatic N) is 4. The fraction of sp³-hybridized carbons (Fsp3) is 0.0500. The molecule has 28 heavy (non-hydrogen) atoms. The van der Waals surface area contributed by atoms with Crippen molar-refractivity contribution in [1.82, 2.24) is 14.4 Å². The van der Waals surface area contributed by atoms with Crippen LogP contribution in [0.5, 0.6) is 0 Å². The third kappa shape index (κ3) is 3.56. The minimum Gasteiger partial charge on any atom is -0.310 e. The number of hydrogen-bond acceptors (Lipinski definition) is 3. The molecule has 1 amide bonds. The first-order valence-electron chi connectivity index (χ1n) is 8.17. The molecule has 0 unspecified atom stereocenters. The molecule has 0 saturated carbocycles. The lowest BCUT2D eigenvalue weighted by Gasteiger charge is -2.18. The van der Waals surface area contributed by atoms with Crippen LogP contribution in [-0.2, 0) is 0 Å². The summed E-state index contributed by atoms with van der Waals surface area (Å²) in [6, 6.07) is 14.6. The van der Waals surface area contributed by atoms with Gasteiger partial charge >= 0.3 is 0 Å². The van der Waals surface area contributed by atoms with Crippen molar-refractivity contribution in [3.63, 3.8) is 0 Å². The zero-order valence-electron chi connectivity index (χ0n) is 14.7. The molecule has 0 radical (unpaired) electrons. The van der Waals surface area contributed by atoms with Gasteiger partial charge in [0.05, 0.1) is 0 Å². The Kier molecular flexibility index (Phi) is 5.63. The van der Waals surface area contributed by atoms with Crippen LogP contribution in [0.25, 0.3) is 17.0 Å². The standard InChI is InChI=1S/C20H14ClFN4O.ClH/c1-25(16-9-5-14(21)6-10-16)19(27)18-17(13-3-7-15(22)8-4-13)24-20-23-11-2-12-26(18)20;/h2-12H,1H3;1H. The van der Waals surface area contributed by atoms with Gasteiger partial charge in [-0.25, -0.2) is 14.4 Å². The highest BCUT2D eigenvalue weighted by Crippen LogP contribution is 2.27. The molecule has 0 N–H and O–H groups in total. The van der Waals surface area contributed by atoms with E-state index in [2.05, 4.69) is 9.97 Å². The van der Waals surface area contributed by atoms with Crippen LogP contribution < -0.4 is 4.90 Å². The van der Waals surface area contributed by atoms with Crippen molar-refractivity contribution in [2.24, 2.45) is 0 Å². The molecule has 4 rings (SSSR count). The van der Waals surface area contributed by atoms with E-state index in [9.17, 15) is 9.18 Å². The van der Waals surface area contributed by atoms with Gasteiger partial charge in [0.15, 0.2) is 0 Å². The summed E-state index contributed by atoms with van der Waals surface area (Å²) in [5.74, 6) is -0.228. The zero-order chi connectivity index (χ0) is 19.0. The molecule has 0 aliphatic rings. The average molecular weight is 417 g/mol. The lowest BCUT2D eigenvalue weighted by molar-refractivity contribution is 0.0988. The number of fused-ring (bicyclic) bond motifs is 1. The maximum absolute atomic E-state index is 13.3. The molecule has 8 heteroatoms. The third-order valence-electron chi connectivity index (χ3n) is 4.24. The van der Waals surface area contributed by atoms with Gasteiger partial charge < -0.3 is 4.90 Å². The van der Waals surface area contributed by atoms with Crippen molar-refractivity contribution in [3.05, 3.63) is 83.5 Å². The molecule has 142 valence electrons. The van der Waals surface area contributed by atoms with E-state index >= 15 is 0 Å². The van der Waals surface area contributed by atoms with Crippen LogP contribution in [0, 0.1) is 5.82 Å². The molecule has 0 atom stereocenters. The van der Waals surface area contributed by atoms with Crippen molar-refractivity contribution in [2.75, 3.05) is 11.9 Å². The number of hydrogen-bond donors (Lipinski definition) is 0. The number of aromatic nitrogens is 3. The molecule has 2 aromatic heterocycles. The third-order valence-corrected chi connectivity index (χ3v) is 4.49. The minimum atomic E-state index is -0.355. The fourth-order valence-electron chi connectivity index (χ4n) is 2.84. The summed E-state index contributed by atoms with van der Waals surface area (Å²) in [4.78, 5) is 23.5. The second-order valence-electron chi connectivity index (χ2n) is 5.95. The second kappa shape index (κ2) is 7.96. The molecule has 2 aromatic carbocycles. The van der Waals surface area contributed by atoms with Gasteiger partial charge in [-0.1, -0.05) is 11.6 Å². The van der Waals surface area contributed by atoms with Crippen LogP contribution in [0.3, 0.4) is 0 Å². The lowest BCUT2D eigenvalue weighted by Crippen LogP contribution is -2.28. The summed E-state index contributed by atoms with van der Waals surface area (Å²) in [6.45, 7) is 0. The van der Waals surface area contributed by atoms with E-state index in [-0.39, 0.29) is 24.1 Å². The normalized spacial score (nSPS) is 10.5. The van der Waals surface area contributed by atoms with Crippen molar-refractivity contribution < 1.29 is 9.18 Å². The Labute approximate surface area is 171 Å². The number of rotatable bonds is 3. The molecular weight excluding hydrogens is 402 g/mol. The average Bonchev–Trinajstić information content (AvgIpc) is 3.07. The highest BCUT2D eigenvalue weighted by Gasteiger charge is 2.24. The maximum atomic E-state index is 13.3. The topological polar surface area (TPSA) is 50.5 Å². The van der Waals surface area contributed by atoms with E-state index in [1.54, 1.807) is 66.3 Å². The minimum absolute atomic E-state index is 0. The van der Waals surface area contributed by atoms with E-state index in [1.165, 1.54) is 17.0 Å². The van der Waals surface area contributed by atoms with Crippen molar-refractivity contribution >= 4 is 41.4 Å². The summed E-state index contributed by atoms with van der Waals surface area (Å²) in [5, 5.41) is 0.589. The van der Waals surface area contributed by atoms with Crippen LogP contribution in [0.2, 0.25) is 5.02 Å². The molecule has 5 nitrogen and oxygen atoms in total. The Bertz CT molecular complexity index is 1130. The van der Waals surface area contributed by atoms with E-state index in [1.807, 2.05) is 0 Å². The number of carbonyl (C=O) groups excluding carboxylic acids is 1. The number of benzene rings is 2. The summed E-state index contributed by atoms with van der Waals surface area (Å²) in [7, 11) is 1.68. The zero-order valence-corrected chi connectivity index (χ0v) is 16.3. The summed E-state index contributed by atoms with van der Waals surface area (Å²) < 4.78 is 15.0. The van der Waals surface area contributed by atoms with E-state index < -0.39 is 0 Å². The van der Waals surface area contributed by atoms with E-state index in [0.29, 0.717) is 33.4 Å². The largest absolute Gasteiger partial charge is 0.310 e. The van der Waals surface area contributed by atoms with Gasteiger partial charge in [-0.2, -0.15) is 0 Å². The Morgan fingerprint density at radius 3 is 2.46 bits per heavy atom. The predicted molar refractivity (Wildman–Crippen MR) is 110 cm³/mol. The van der Waals surface area contributed by atoms with Gasteiger partial charge in [0.2, 0.25) is 5.78 Å². The van der Waals surface area contributed by atoms with Gasteiger partial charge in [-0.3, -0.25) is 9.20 Å². The second-order valence-corrected chi connectivity index (χ2v) is 6.38. The molecule has 0 fully saturated rings. The summed E-state index contributed by atoms with van der Waals surface area (Å²) >= 11 is 5.94. The lowest BCUT2D eigenvalue weighted by atomic mass is 10.1. The van der Waals surface area contributed by atoms with Crippen molar-refractivity contribution in [3.8, 4) is 11.3 Å². The molecule has 0 aliphatic carbocycles. The quantitative estimate of drug-likeness (QED) is 0.477. The van der Waals surface area contributed by atoms with Crippen molar-refractivity contribution in [2.45, 2.75) is 0 Å². The van der Waals surface area contributed by atoms with Crippen LogP contribution in [-0.4, -0.2) is 27.3 Å². The molecule has 0 spiro atoms. The number of halogens is 3. The SMILES string of the molecule is CN(C(=O)c1c(-c2ccc(F)cc2)nc2ncccn12)c1ccc(Cl)cc1.Cl. The first kappa shape index (κ1) is 19.8. The Balaban J connectivity index is 0.00000225. The van der Waals surface area contributed by atoms with Crippen LogP contribution in [0.1, 0.15) is 10.5 Å². The number of imidazole rings is 1. The van der Waals surface area contributed by atoms with Gasteiger partial charge in [0.1, 0.15) is 17.2 Å². The van der Waals surface area contributed by atoms with E-state index in [0.717, 1.165) is 0 Å². The molecule has 0 bridgehead atoms. The molecular formula is C20H15Cl2FN4O. The molecule has 0 aliphatic heterocycles. The Morgan fingerprint density at radius 2 is 1.79 bits per heavy atom. The van der Waals surface area contributed by atoms with Crippen LogP contribution in [0.15, 0.2) is 67.0 Å². The van der Waals surface area contributed by atoms with Crippen LogP contribution in [0.4, 0.5) is 10.1 Å². The first-order valence-corrected chi connectivity index (χ1v) is 8.55. The van der Waals surface area contributed by atoms with E-state index in [4.69, 9.17) is 11.6 Å². The van der Waals surface area contributed by atoms with Gasteiger partial charge in [0, 0.05) is 35.7 Å². The maximum Gasteiger partial charge on any atom is 0.277 e. The van der Waals surface area contributed by atoms with Gasteiger partial charge in [0.25, 0.3) is 5.91 Å². The highest BCUT2D eigenvalue weighted by atomic mass is 35.5. The number of carbonyl (C=O) groups is 1. The Hall–Kier alpha value is -2.96. The first-order chi connectivity index (χ1) is 13.0. The molecule has 4 aromatic rings. The van der Waals surface area contributed by atoms with Crippen LogP contribution >= 0.6 is 24.0 Å². The number of anilines is 1. The summed E-state index contributed by atoms with van der Waals surface area (Å²) in [5.41, 5.74) is 2.12. The number of amides is 1. The fourth-order valence-corrected chi connectivity index (χ4v) is 2.97. The molecule has 0 saturated heterocycles. The molecule has 2 heterocycles. The Morgan fingerprint density at radius 1 is 1.11 bits per heavy atom. The van der Waals surface area contributed by atoms with Crippen molar-refractivity contribution in [1.29, 1.82) is 0 Å². The predicted octanol–water partition coefficient (Wildman–Crippen LogP) is 4.89. The monoisotopic (exact) mass is 416 g/mol. The summed E-state index contributed by atoms with van der Waals surface area (Å²) in [6.07, 6.45) is 3.33.